The normalized spacial score (nSPS) is 11.6. The maximum Gasteiger partial charge on any atom is 0.231 e. The summed E-state index contributed by atoms with van der Waals surface area (Å²) in [6.07, 6.45) is 2.68. The van der Waals surface area contributed by atoms with Crippen LogP contribution in [0, 0.1) is 0 Å². The van der Waals surface area contributed by atoms with E-state index in [0.717, 1.165) is 11.8 Å². The lowest BCUT2D eigenvalue weighted by atomic mass is 10.1. The Morgan fingerprint density at radius 3 is 2.94 bits per heavy atom. The summed E-state index contributed by atoms with van der Waals surface area (Å²) >= 11 is 0. The molecule has 16 heavy (non-hydrogen) atoms. The number of para-hydroxylation sites is 1. The fraction of sp³-hybridized carbons (Fsp3) is 0.100. The molecule has 86 valence electrons. The number of hydrogen-bond acceptors (Lipinski definition) is 4. The van der Waals surface area contributed by atoms with E-state index >= 15 is 0 Å². The fourth-order valence-electron chi connectivity index (χ4n) is 1.39. The molecule has 0 saturated carbocycles. The Kier molecular flexibility index (Phi) is 2.43. The molecule has 6 heteroatoms. The van der Waals surface area contributed by atoms with Crippen molar-refractivity contribution in [3.63, 3.8) is 0 Å². The van der Waals surface area contributed by atoms with Gasteiger partial charge in [-0.3, -0.25) is 4.72 Å². The quantitative estimate of drug-likeness (QED) is 0.891. The predicted molar refractivity (Wildman–Crippen MR) is 64.7 cm³/mol. The second-order valence-electron chi connectivity index (χ2n) is 3.33. The van der Waals surface area contributed by atoms with E-state index in [4.69, 9.17) is 4.52 Å². The molecule has 0 spiro atoms. The lowest BCUT2D eigenvalue weighted by Gasteiger charge is -1.98. The molecular weight excluding hydrogens is 228 g/mol. The number of hydrogen-bond donors (Lipinski definition) is 1. The minimum Gasteiger partial charge on any atom is -0.353 e. The Bertz CT molecular complexity index is 649. The highest BCUT2D eigenvalue weighted by Crippen LogP contribution is 2.26. The van der Waals surface area contributed by atoms with Gasteiger partial charge in [0.1, 0.15) is 0 Å². The summed E-state index contributed by atoms with van der Waals surface area (Å²) in [5, 5.41) is 4.29. The van der Waals surface area contributed by atoms with Crippen molar-refractivity contribution < 1.29 is 14.4 Å². The molecule has 0 radical (unpaired) electrons. The highest BCUT2D eigenvalue weighted by atomic mass is 32.2. The molecule has 0 aliphatic carbocycles. The molecule has 1 aromatic carbocycles. The molecular formula is C10H12N2O3S. The largest absolute Gasteiger partial charge is 0.353 e. The van der Waals surface area contributed by atoms with Crippen molar-refractivity contribution in [2.24, 2.45) is 0 Å². The topological polar surface area (TPSA) is 72.2 Å². The molecule has 0 atom stereocenters. The minimum atomic E-state index is -3.36. The average Bonchev–Trinajstić information content (AvgIpc) is 2.59. The van der Waals surface area contributed by atoms with Crippen LogP contribution in [-0.4, -0.2) is 19.8 Å². The lowest BCUT2D eigenvalue weighted by Crippen LogP contribution is -2.09. The third-order valence-electron chi connectivity index (χ3n) is 2.03. The molecule has 1 aromatic heterocycles. The number of sulfonamides is 1. The van der Waals surface area contributed by atoms with Crippen molar-refractivity contribution in [2.45, 2.75) is 0 Å². The Hall–Kier alpha value is -1.82. The van der Waals surface area contributed by atoms with Crippen LogP contribution in [0.1, 0.15) is 6.99 Å². The van der Waals surface area contributed by atoms with Crippen molar-refractivity contribution >= 4 is 32.9 Å². The fourth-order valence-corrected chi connectivity index (χ4v) is 1.89. The van der Waals surface area contributed by atoms with E-state index in [9.17, 15) is 8.42 Å². The molecule has 0 fully saturated rings. The van der Waals surface area contributed by atoms with Crippen LogP contribution >= 0.6 is 0 Å². The van der Waals surface area contributed by atoms with Gasteiger partial charge in [0, 0.05) is 6.99 Å². The molecule has 0 aliphatic heterocycles. The molecule has 1 heterocycles. The molecule has 0 unspecified atom stereocenters. The number of nitrogens with one attached hydrogen (secondary N) is 1. The summed E-state index contributed by atoms with van der Waals surface area (Å²) < 4.78 is 29.5. The van der Waals surface area contributed by atoms with Crippen molar-refractivity contribution in [3.05, 3.63) is 30.3 Å². The maximum absolute atomic E-state index is 11.1. The van der Waals surface area contributed by atoms with Crippen molar-refractivity contribution in [1.29, 1.82) is 0 Å². The van der Waals surface area contributed by atoms with Crippen LogP contribution < -0.4 is 4.72 Å². The standard InChI is InChI=1S/C10H10N2O3S.H2/c1-3-7-5-4-6-8-9(7)15-11-10(8)12-16(2,13)14;/h3-6H,1H2,2H3,(H,11,12);1H. The molecule has 0 amide bonds. The smallest absolute Gasteiger partial charge is 0.231 e. The number of fused-ring (bicyclic) bond motifs is 1. The molecule has 2 rings (SSSR count). The highest BCUT2D eigenvalue weighted by Gasteiger charge is 2.13. The van der Waals surface area contributed by atoms with E-state index in [2.05, 4.69) is 16.5 Å². The Labute approximate surface area is 94.3 Å². The monoisotopic (exact) mass is 240 g/mol. The van der Waals surface area contributed by atoms with Gasteiger partial charge in [-0.2, -0.15) is 0 Å². The number of benzene rings is 1. The van der Waals surface area contributed by atoms with Crippen LogP contribution in [0.2, 0.25) is 0 Å². The van der Waals surface area contributed by atoms with Gasteiger partial charge in [0.15, 0.2) is 11.4 Å². The van der Waals surface area contributed by atoms with Gasteiger partial charge in [0.2, 0.25) is 10.0 Å². The Balaban J connectivity index is 0.00000144. The van der Waals surface area contributed by atoms with E-state index in [1.807, 2.05) is 6.07 Å². The van der Waals surface area contributed by atoms with Gasteiger partial charge in [0.05, 0.1) is 11.6 Å². The van der Waals surface area contributed by atoms with Crippen LogP contribution in [0.15, 0.2) is 29.3 Å². The van der Waals surface area contributed by atoms with Crippen molar-refractivity contribution in [2.75, 3.05) is 11.0 Å². The van der Waals surface area contributed by atoms with Crippen molar-refractivity contribution in [3.8, 4) is 0 Å². The second kappa shape index (κ2) is 3.64. The maximum atomic E-state index is 11.1. The van der Waals surface area contributed by atoms with E-state index in [1.54, 1.807) is 18.2 Å². The van der Waals surface area contributed by atoms with E-state index < -0.39 is 10.0 Å². The van der Waals surface area contributed by atoms with Crippen LogP contribution in [0.4, 0.5) is 5.82 Å². The summed E-state index contributed by atoms with van der Waals surface area (Å²) in [5.41, 5.74) is 1.29. The number of nitrogens with zero attached hydrogens (tertiary/aromatic N) is 1. The van der Waals surface area contributed by atoms with Gasteiger partial charge in [-0.05, 0) is 6.07 Å². The van der Waals surface area contributed by atoms with Crippen LogP contribution in [-0.2, 0) is 10.0 Å². The lowest BCUT2D eigenvalue weighted by molar-refractivity contribution is 0.459. The molecule has 5 nitrogen and oxygen atoms in total. The molecule has 0 bridgehead atoms. The third kappa shape index (κ3) is 1.92. The van der Waals surface area contributed by atoms with Crippen LogP contribution in [0.3, 0.4) is 0 Å². The average molecular weight is 240 g/mol. The first-order valence-corrected chi connectivity index (χ1v) is 6.39. The van der Waals surface area contributed by atoms with Crippen LogP contribution in [0.25, 0.3) is 17.0 Å². The van der Waals surface area contributed by atoms with Crippen LogP contribution in [0.5, 0.6) is 0 Å². The summed E-state index contributed by atoms with van der Waals surface area (Å²) in [6.45, 7) is 3.64. The molecule has 0 saturated heterocycles. The van der Waals surface area contributed by atoms with E-state index in [0.29, 0.717) is 11.0 Å². The van der Waals surface area contributed by atoms with Crippen molar-refractivity contribution in [1.82, 2.24) is 5.16 Å². The van der Waals surface area contributed by atoms with E-state index in [1.165, 1.54) is 0 Å². The van der Waals surface area contributed by atoms with Gasteiger partial charge in [0.25, 0.3) is 0 Å². The molecule has 0 aliphatic rings. The van der Waals surface area contributed by atoms with Gasteiger partial charge in [-0.1, -0.05) is 29.9 Å². The SMILES string of the molecule is C=Cc1cccc2c(NS(C)(=O)=O)noc12.[HH]. The summed E-state index contributed by atoms with van der Waals surface area (Å²) in [6, 6.07) is 5.32. The molecule has 1 N–H and O–H groups in total. The number of aromatic nitrogens is 1. The Morgan fingerprint density at radius 2 is 2.31 bits per heavy atom. The van der Waals surface area contributed by atoms with E-state index in [-0.39, 0.29) is 7.24 Å². The third-order valence-corrected chi connectivity index (χ3v) is 2.59. The number of rotatable bonds is 3. The first kappa shape index (κ1) is 10.7. The zero-order valence-corrected chi connectivity index (χ0v) is 9.41. The zero-order valence-electron chi connectivity index (χ0n) is 8.60. The first-order valence-electron chi connectivity index (χ1n) is 4.50. The minimum absolute atomic E-state index is 0. The summed E-state index contributed by atoms with van der Waals surface area (Å²) in [7, 11) is -3.36. The summed E-state index contributed by atoms with van der Waals surface area (Å²) in [5.74, 6) is 0.196. The second-order valence-corrected chi connectivity index (χ2v) is 5.08. The van der Waals surface area contributed by atoms with Gasteiger partial charge in [-0.25, -0.2) is 8.42 Å². The summed E-state index contributed by atoms with van der Waals surface area (Å²) in [4.78, 5) is 0. The highest BCUT2D eigenvalue weighted by molar-refractivity contribution is 7.92. The molecule has 2 aromatic rings. The number of anilines is 1. The van der Waals surface area contributed by atoms with Gasteiger partial charge in [-0.15, -0.1) is 0 Å². The first-order chi connectivity index (χ1) is 7.51. The predicted octanol–water partition coefficient (Wildman–Crippen LogP) is 2.09. The van der Waals surface area contributed by atoms with Gasteiger partial charge < -0.3 is 4.52 Å². The van der Waals surface area contributed by atoms with Gasteiger partial charge >= 0.3 is 0 Å². The Morgan fingerprint density at radius 1 is 1.56 bits per heavy atom. The zero-order chi connectivity index (χ0) is 11.8.